The first-order valence-corrected chi connectivity index (χ1v) is 7.09. The molecule has 1 N–H and O–H groups in total. The Bertz CT molecular complexity index is 502. The van der Waals surface area contributed by atoms with Gasteiger partial charge in [-0.2, -0.15) is 0 Å². The largest absolute Gasteiger partial charge is 0.336 e. The van der Waals surface area contributed by atoms with Crippen molar-refractivity contribution in [3.63, 3.8) is 0 Å². The number of hydrogen-bond donors (Lipinski definition) is 2. The first-order chi connectivity index (χ1) is 8.65. The number of nitrogens with one attached hydrogen (secondary N) is 1. The second-order valence-electron chi connectivity index (χ2n) is 4.45. The third-order valence-electron chi connectivity index (χ3n) is 3.32. The van der Waals surface area contributed by atoms with E-state index in [-0.39, 0.29) is 18.0 Å². The molecule has 0 aromatic carbocycles. The minimum absolute atomic E-state index is 0.0131. The zero-order valence-electron chi connectivity index (χ0n) is 9.63. The lowest BCUT2D eigenvalue weighted by Crippen LogP contribution is -2.53. The third kappa shape index (κ3) is 1.97. The molecule has 3 rings (SSSR count). The highest BCUT2D eigenvalue weighted by Gasteiger charge is 2.37. The van der Waals surface area contributed by atoms with Crippen LogP contribution in [0.2, 0.25) is 0 Å². The molecule has 2 fully saturated rings. The van der Waals surface area contributed by atoms with Crippen LogP contribution in [0.3, 0.4) is 0 Å². The van der Waals surface area contributed by atoms with E-state index in [0.717, 1.165) is 4.90 Å². The van der Waals surface area contributed by atoms with E-state index in [2.05, 4.69) is 17.9 Å². The Morgan fingerprint density at radius 3 is 3.06 bits per heavy atom. The average Bonchev–Trinajstić information content (AvgIpc) is 2.95. The molecule has 2 saturated heterocycles. The number of thiol groups is 1. The van der Waals surface area contributed by atoms with Crippen molar-refractivity contribution < 1.29 is 9.59 Å². The number of piperazine rings is 1. The topological polar surface area (TPSA) is 52.7 Å². The molecule has 2 aliphatic rings. The smallest absolute Gasteiger partial charge is 0.317 e. The summed E-state index contributed by atoms with van der Waals surface area (Å²) in [7, 11) is 0. The zero-order chi connectivity index (χ0) is 12.7. The van der Waals surface area contributed by atoms with Crippen LogP contribution in [0.4, 0.5) is 4.79 Å². The third-order valence-corrected chi connectivity index (χ3v) is 4.67. The normalized spacial score (nSPS) is 22.9. The van der Waals surface area contributed by atoms with Crippen LogP contribution in [0.1, 0.15) is 9.67 Å². The van der Waals surface area contributed by atoms with Crippen LogP contribution >= 0.6 is 24.0 Å². The van der Waals surface area contributed by atoms with Crippen molar-refractivity contribution in [3.8, 4) is 0 Å². The van der Waals surface area contributed by atoms with Crippen molar-refractivity contribution in [2.24, 2.45) is 0 Å². The zero-order valence-corrected chi connectivity index (χ0v) is 11.3. The van der Waals surface area contributed by atoms with Gasteiger partial charge in [0.05, 0.1) is 10.9 Å². The molecule has 18 heavy (non-hydrogen) atoms. The first kappa shape index (κ1) is 11.9. The molecule has 3 heterocycles. The highest BCUT2D eigenvalue weighted by atomic mass is 32.1. The van der Waals surface area contributed by atoms with Crippen molar-refractivity contribution in [2.75, 3.05) is 26.2 Å². The van der Waals surface area contributed by atoms with Crippen LogP contribution in [0.25, 0.3) is 0 Å². The lowest BCUT2D eigenvalue weighted by Gasteiger charge is -2.36. The minimum Gasteiger partial charge on any atom is -0.336 e. The summed E-state index contributed by atoms with van der Waals surface area (Å²) in [6, 6.07) is 1.90. The number of nitrogens with zero attached hydrogens (tertiary/aromatic N) is 2. The number of hydrogen-bond acceptors (Lipinski definition) is 4. The molecule has 96 valence electrons. The molecule has 0 aliphatic carbocycles. The Morgan fingerprint density at radius 2 is 2.33 bits per heavy atom. The van der Waals surface area contributed by atoms with Crippen LogP contribution in [0.15, 0.2) is 16.3 Å². The highest BCUT2D eigenvalue weighted by molar-refractivity contribution is 7.80. The average molecular weight is 283 g/mol. The fourth-order valence-electron chi connectivity index (χ4n) is 2.38. The van der Waals surface area contributed by atoms with Gasteiger partial charge in [-0.15, -0.1) is 24.0 Å². The lowest BCUT2D eigenvalue weighted by molar-refractivity contribution is 0.0621. The number of carbonyl (C=O) groups is 2. The van der Waals surface area contributed by atoms with Gasteiger partial charge >= 0.3 is 6.03 Å². The summed E-state index contributed by atoms with van der Waals surface area (Å²) in [5.74, 6) is 0.0410. The molecule has 1 atom stereocenters. The summed E-state index contributed by atoms with van der Waals surface area (Å²) in [6.45, 7) is 2.45. The van der Waals surface area contributed by atoms with Crippen molar-refractivity contribution in [1.29, 1.82) is 0 Å². The second-order valence-corrected chi connectivity index (χ2v) is 5.88. The summed E-state index contributed by atoms with van der Waals surface area (Å²) >= 11 is 5.63. The summed E-state index contributed by atoms with van der Waals surface area (Å²) in [4.78, 5) is 28.9. The number of thiophene rings is 1. The van der Waals surface area contributed by atoms with Crippen LogP contribution in [0, 0.1) is 0 Å². The molecule has 5 nitrogen and oxygen atoms in total. The Kier molecular flexibility index (Phi) is 2.95. The molecular formula is C11H13N3O2S2. The summed E-state index contributed by atoms with van der Waals surface area (Å²) in [5.41, 5.74) is 0. The Labute approximate surface area is 114 Å². The Balaban J connectivity index is 1.71. The molecule has 3 amide bonds. The molecule has 7 heteroatoms. The first-order valence-electron chi connectivity index (χ1n) is 5.76. The summed E-state index contributed by atoms with van der Waals surface area (Å²) in [5, 5.41) is 4.66. The monoisotopic (exact) mass is 283 g/mol. The molecule has 0 saturated carbocycles. The maximum atomic E-state index is 12.3. The van der Waals surface area contributed by atoms with Crippen LogP contribution in [-0.4, -0.2) is 54.0 Å². The molecular weight excluding hydrogens is 270 g/mol. The van der Waals surface area contributed by atoms with E-state index >= 15 is 0 Å². The minimum atomic E-state index is -0.0131. The van der Waals surface area contributed by atoms with Gasteiger partial charge in [0.15, 0.2) is 0 Å². The van der Waals surface area contributed by atoms with E-state index in [1.807, 2.05) is 15.2 Å². The standard InChI is InChI=1S/C11H13N3O2S2/c15-10(9-3-8(17)6-18-9)13-1-2-14-7(5-13)4-12-11(14)16/h3,6-7,17H,1-2,4-5H2,(H,12,16). The van der Waals surface area contributed by atoms with Gasteiger partial charge in [0.1, 0.15) is 0 Å². The quantitative estimate of drug-likeness (QED) is 0.752. The number of urea groups is 1. The highest BCUT2D eigenvalue weighted by Crippen LogP contribution is 2.22. The Morgan fingerprint density at radius 1 is 1.50 bits per heavy atom. The van der Waals surface area contributed by atoms with Crippen molar-refractivity contribution >= 4 is 35.9 Å². The van der Waals surface area contributed by atoms with Crippen LogP contribution in [0.5, 0.6) is 0 Å². The van der Waals surface area contributed by atoms with E-state index in [1.165, 1.54) is 11.3 Å². The fraction of sp³-hybridized carbons (Fsp3) is 0.455. The predicted molar refractivity (Wildman–Crippen MR) is 71.4 cm³/mol. The van der Waals surface area contributed by atoms with Gasteiger partial charge in [0, 0.05) is 36.5 Å². The number of fused-ring (bicyclic) bond motifs is 1. The van der Waals surface area contributed by atoms with Gasteiger partial charge in [0.25, 0.3) is 5.91 Å². The van der Waals surface area contributed by atoms with E-state index in [4.69, 9.17) is 0 Å². The number of rotatable bonds is 1. The molecule has 0 radical (unpaired) electrons. The predicted octanol–water partition coefficient (Wildman–Crippen LogP) is 0.886. The summed E-state index contributed by atoms with van der Waals surface area (Å²) < 4.78 is 0. The van der Waals surface area contributed by atoms with E-state index < -0.39 is 0 Å². The van der Waals surface area contributed by atoms with Gasteiger partial charge in [-0.05, 0) is 6.07 Å². The Hall–Kier alpha value is -1.21. The second kappa shape index (κ2) is 4.47. The van der Waals surface area contributed by atoms with Gasteiger partial charge < -0.3 is 15.1 Å². The van der Waals surface area contributed by atoms with Gasteiger partial charge in [-0.25, -0.2) is 4.79 Å². The van der Waals surface area contributed by atoms with Crippen molar-refractivity contribution in [1.82, 2.24) is 15.1 Å². The molecule has 0 bridgehead atoms. The van der Waals surface area contributed by atoms with E-state index in [0.29, 0.717) is 31.1 Å². The number of amides is 3. The van der Waals surface area contributed by atoms with Gasteiger partial charge in [-0.3, -0.25) is 4.79 Å². The van der Waals surface area contributed by atoms with Gasteiger partial charge in [-0.1, -0.05) is 0 Å². The van der Waals surface area contributed by atoms with Crippen LogP contribution in [-0.2, 0) is 0 Å². The van der Waals surface area contributed by atoms with E-state index in [1.54, 1.807) is 6.07 Å². The fourth-order valence-corrected chi connectivity index (χ4v) is 3.50. The number of carbonyl (C=O) groups excluding carboxylic acids is 2. The SMILES string of the molecule is O=C(c1cc(S)cs1)N1CCN2C(=O)NCC2C1. The van der Waals surface area contributed by atoms with Crippen LogP contribution < -0.4 is 5.32 Å². The molecule has 1 aromatic rings. The van der Waals surface area contributed by atoms with Crippen molar-refractivity contribution in [2.45, 2.75) is 10.9 Å². The molecule has 0 spiro atoms. The maximum Gasteiger partial charge on any atom is 0.317 e. The molecule has 1 aromatic heterocycles. The summed E-state index contributed by atoms with van der Waals surface area (Å²) in [6.07, 6.45) is 0. The lowest BCUT2D eigenvalue weighted by atomic mass is 10.2. The van der Waals surface area contributed by atoms with Crippen molar-refractivity contribution in [3.05, 3.63) is 16.3 Å². The maximum absolute atomic E-state index is 12.3. The van der Waals surface area contributed by atoms with Gasteiger partial charge in [0.2, 0.25) is 0 Å². The molecule has 2 aliphatic heterocycles. The molecule has 1 unspecified atom stereocenters. The van der Waals surface area contributed by atoms with E-state index in [9.17, 15) is 9.59 Å².